The Bertz CT molecular complexity index is 304. The molecule has 1 rings (SSSR count). The molecule has 5 heteroatoms. The van der Waals surface area contributed by atoms with Crippen molar-refractivity contribution in [1.82, 2.24) is 4.90 Å². The molecule has 1 N–H and O–H groups in total. The average molecular weight is 271 g/mol. The lowest BCUT2D eigenvalue weighted by Gasteiger charge is -2.31. The summed E-state index contributed by atoms with van der Waals surface area (Å²) < 4.78 is 5.07. The van der Waals surface area contributed by atoms with Gasteiger partial charge in [-0.3, -0.25) is 9.59 Å². The van der Waals surface area contributed by atoms with Gasteiger partial charge in [-0.1, -0.05) is 6.42 Å². The van der Waals surface area contributed by atoms with E-state index in [-0.39, 0.29) is 37.0 Å². The van der Waals surface area contributed by atoms with Crippen LogP contribution in [0.4, 0.5) is 0 Å². The van der Waals surface area contributed by atoms with Gasteiger partial charge in [0.2, 0.25) is 5.91 Å². The van der Waals surface area contributed by atoms with Crippen molar-refractivity contribution in [2.45, 2.75) is 52.1 Å². The number of aliphatic hydroxyl groups excluding tert-OH is 1. The third-order valence-electron chi connectivity index (χ3n) is 3.29. The van der Waals surface area contributed by atoms with Crippen LogP contribution in [0.15, 0.2) is 0 Å². The van der Waals surface area contributed by atoms with Gasteiger partial charge >= 0.3 is 5.97 Å². The molecule has 0 bridgehead atoms. The number of esters is 1. The van der Waals surface area contributed by atoms with Crippen molar-refractivity contribution in [3.8, 4) is 0 Å². The van der Waals surface area contributed by atoms with Crippen molar-refractivity contribution in [3.05, 3.63) is 0 Å². The highest BCUT2D eigenvalue weighted by atomic mass is 16.5. The number of carbonyl (C=O) groups excluding carboxylic acids is 2. The Kier molecular flexibility index (Phi) is 6.84. The standard InChI is InChI=1S/C14H25NO4/c1-11(2)19-13(17)10-15-8-5-7-12(14(15)18)6-3-4-9-16/h11-12,16H,3-10H2,1-2H3. The van der Waals surface area contributed by atoms with E-state index in [0.29, 0.717) is 6.54 Å². The van der Waals surface area contributed by atoms with E-state index >= 15 is 0 Å². The van der Waals surface area contributed by atoms with E-state index in [4.69, 9.17) is 9.84 Å². The van der Waals surface area contributed by atoms with E-state index in [9.17, 15) is 9.59 Å². The molecular formula is C14H25NO4. The first-order chi connectivity index (χ1) is 9.04. The van der Waals surface area contributed by atoms with Crippen LogP contribution in [0.3, 0.4) is 0 Å². The highest BCUT2D eigenvalue weighted by Crippen LogP contribution is 2.23. The smallest absolute Gasteiger partial charge is 0.325 e. The van der Waals surface area contributed by atoms with Gasteiger partial charge in [-0.25, -0.2) is 0 Å². The second-order valence-corrected chi connectivity index (χ2v) is 5.36. The van der Waals surface area contributed by atoms with E-state index in [1.807, 2.05) is 0 Å². The lowest BCUT2D eigenvalue weighted by molar-refractivity contribution is -0.154. The monoisotopic (exact) mass is 271 g/mol. The molecule has 0 aromatic rings. The number of carbonyl (C=O) groups is 2. The summed E-state index contributed by atoms with van der Waals surface area (Å²) in [7, 11) is 0. The number of piperidine rings is 1. The fraction of sp³-hybridized carbons (Fsp3) is 0.857. The quantitative estimate of drug-likeness (QED) is 0.560. The van der Waals surface area contributed by atoms with E-state index in [2.05, 4.69) is 0 Å². The third-order valence-corrected chi connectivity index (χ3v) is 3.29. The SMILES string of the molecule is CC(C)OC(=O)CN1CCCC(CCCCO)C1=O. The van der Waals surface area contributed by atoms with Gasteiger partial charge in [0, 0.05) is 19.1 Å². The van der Waals surface area contributed by atoms with E-state index < -0.39 is 0 Å². The number of rotatable bonds is 7. The summed E-state index contributed by atoms with van der Waals surface area (Å²) in [5.41, 5.74) is 0. The Morgan fingerprint density at radius 3 is 2.84 bits per heavy atom. The zero-order valence-corrected chi connectivity index (χ0v) is 11.9. The first kappa shape index (κ1) is 16.0. The molecule has 1 aliphatic rings. The molecular weight excluding hydrogens is 246 g/mol. The Balaban J connectivity index is 2.41. The van der Waals surface area contributed by atoms with Crippen molar-refractivity contribution in [3.63, 3.8) is 0 Å². The van der Waals surface area contributed by atoms with Gasteiger partial charge in [-0.2, -0.15) is 0 Å². The number of unbranched alkanes of at least 4 members (excludes halogenated alkanes) is 1. The zero-order valence-electron chi connectivity index (χ0n) is 11.9. The summed E-state index contributed by atoms with van der Waals surface area (Å²) in [4.78, 5) is 25.4. The highest BCUT2D eigenvalue weighted by Gasteiger charge is 2.29. The summed E-state index contributed by atoms with van der Waals surface area (Å²) >= 11 is 0. The maximum absolute atomic E-state index is 12.2. The van der Waals surface area contributed by atoms with Crippen LogP contribution in [0.25, 0.3) is 0 Å². The predicted octanol–water partition coefficient (Wildman–Crippen LogP) is 1.34. The average Bonchev–Trinajstić information content (AvgIpc) is 2.33. The van der Waals surface area contributed by atoms with Crippen LogP contribution in [-0.2, 0) is 14.3 Å². The number of likely N-dealkylation sites (tertiary alicyclic amines) is 1. The second-order valence-electron chi connectivity index (χ2n) is 5.36. The Morgan fingerprint density at radius 1 is 1.47 bits per heavy atom. The normalized spacial score (nSPS) is 19.9. The van der Waals surface area contributed by atoms with Crippen LogP contribution in [0.1, 0.15) is 46.0 Å². The Morgan fingerprint density at radius 2 is 2.21 bits per heavy atom. The van der Waals surface area contributed by atoms with Gasteiger partial charge in [0.1, 0.15) is 6.54 Å². The van der Waals surface area contributed by atoms with E-state index in [1.165, 1.54) is 0 Å². The van der Waals surface area contributed by atoms with Crippen LogP contribution in [-0.4, -0.2) is 47.7 Å². The molecule has 1 amide bonds. The predicted molar refractivity (Wildman–Crippen MR) is 71.5 cm³/mol. The number of ether oxygens (including phenoxy) is 1. The molecule has 0 aromatic heterocycles. The van der Waals surface area contributed by atoms with Gasteiger partial charge in [0.15, 0.2) is 0 Å². The Labute approximate surface area is 114 Å². The van der Waals surface area contributed by atoms with E-state index in [1.54, 1.807) is 18.7 Å². The molecule has 1 heterocycles. The van der Waals surface area contributed by atoms with Crippen LogP contribution in [0, 0.1) is 5.92 Å². The van der Waals surface area contributed by atoms with Crippen molar-refractivity contribution in [2.75, 3.05) is 19.7 Å². The zero-order chi connectivity index (χ0) is 14.3. The number of hydrogen-bond donors (Lipinski definition) is 1. The molecule has 19 heavy (non-hydrogen) atoms. The Hall–Kier alpha value is -1.10. The lowest BCUT2D eigenvalue weighted by atomic mass is 9.92. The minimum absolute atomic E-state index is 0.00662. The summed E-state index contributed by atoms with van der Waals surface area (Å²) in [5, 5.41) is 8.76. The third kappa shape index (κ3) is 5.59. The largest absolute Gasteiger partial charge is 0.462 e. The van der Waals surface area contributed by atoms with Gasteiger partial charge < -0.3 is 14.7 Å². The van der Waals surface area contributed by atoms with Crippen molar-refractivity contribution in [1.29, 1.82) is 0 Å². The summed E-state index contributed by atoms with van der Waals surface area (Å²) in [6, 6.07) is 0. The number of hydrogen-bond acceptors (Lipinski definition) is 4. The summed E-state index contributed by atoms with van der Waals surface area (Å²) in [6.07, 6.45) is 4.07. The minimum atomic E-state index is -0.334. The lowest BCUT2D eigenvalue weighted by Crippen LogP contribution is -2.44. The fourth-order valence-electron chi connectivity index (χ4n) is 2.40. The van der Waals surface area contributed by atoms with Crippen LogP contribution < -0.4 is 0 Å². The van der Waals surface area contributed by atoms with Gasteiger partial charge in [-0.05, 0) is 39.5 Å². The molecule has 1 atom stereocenters. The second kappa shape index (κ2) is 8.15. The van der Waals surface area contributed by atoms with Crippen LogP contribution in [0.5, 0.6) is 0 Å². The van der Waals surface area contributed by atoms with Crippen LogP contribution in [0.2, 0.25) is 0 Å². The first-order valence-corrected chi connectivity index (χ1v) is 7.13. The molecule has 0 saturated carbocycles. The van der Waals surface area contributed by atoms with Crippen LogP contribution >= 0.6 is 0 Å². The topological polar surface area (TPSA) is 66.8 Å². The molecule has 1 aliphatic heterocycles. The number of aliphatic hydroxyl groups is 1. The molecule has 0 aromatic carbocycles. The molecule has 1 fully saturated rings. The summed E-state index contributed by atoms with van der Waals surface area (Å²) in [5.74, 6) is -0.267. The molecule has 0 radical (unpaired) electrons. The molecule has 5 nitrogen and oxygen atoms in total. The molecule has 0 spiro atoms. The maximum atomic E-state index is 12.2. The molecule has 1 saturated heterocycles. The van der Waals surface area contributed by atoms with Gasteiger partial charge in [0.25, 0.3) is 0 Å². The van der Waals surface area contributed by atoms with Gasteiger partial charge in [-0.15, -0.1) is 0 Å². The number of nitrogens with zero attached hydrogens (tertiary/aromatic N) is 1. The van der Waals surface area contributed by atoms with Crippen molar-refractivity contribution in [2.24, 2.45) is 5.92 Å². The van der Waals surface area contributed by atoms with Crippen molar-refractivity contribution < 1.29 is 19.4 Å². The van der Waals surface area contributed by atoms with Crippen molar-refractivity contribution >= 4 is 11.9 Å². The number of amides is 1. The van der Waals surface area contributed by atoms with Gasteiger partial charge in [0.05, 0.1) is 6.10 Å². The maximum Gasteiger partial charge on any atom is 0.325 e. The molecule has 0 aliphatic carbocycles. The first-order valence-electron chi connectivity index (χ1n) is 7.13. The van der Waals surface area contributed by atoms with E-state index in [0.717, 1.165) is 32.1 Å². The summed E-state index contributed by atoms with van der Waals surface area (Å²) in [6.45, 7) is 4.47. The molecule has 1 unspecified atom stereocenters. The minimum Gasteiger partial charge on any atom is -0.462 e. The highest BCUT2D eigenvalue weighted by molar-refractivity contribution is 5.84. The molecule has 110 valence electrons. The fourth-order valence-corrected chi connectivity index (χ4v) is 2.40.